The number of rotatable bonds is 3. The molecule has 82 valence electrons. The molecule has 0 aliphatic carbocycles. The lowest BCUT2D eigenvalue weighted by Crippen LogP contribution is -2.27. The number of nitrogens with zero attached hydrogens (tertiary/aromatic N) is 1. The number of nitrogens with one attached hydrogen (secondary N) is 2. The van der Waals surface area contributed by atoms with E-state index in [2.05, 4.69) is 15.8 Å². The Kier molecular flexibility index (Phi) is 3.50. The highest BCUT2D eigenvalue weighted by Crippen LogP contribution is 2.04. The molecular formula is C11H11N3OS. The van der Waals surface area contributed by atoms with Gasteiger partial charge in [0, 0.05) is 11.8 Å². The lowest BCUT2D eigenvalue weighted by molar-refractivity contribution is 0.380. The van der Waals surface area contributed by atoms with E-state index in [4.69, 9.17) is 16.7 Å². The van der Waals surface area contributed by atoms with Gasteiger partial charge in [0.1, 0.15) is 0 Å². The van der Waals surface area contributed by atoms with Crippen molar-refractivity contribution in [3.8, 4) is 0 Å². The molecule has 0 radical (unpaired) electrons. The largest absolute Gasteiger partial charge is 0.360 e. The van der Waals surface area contributed by atoms with Gasteiger partial charge in [-0.25, -0.2) is 0 Å². The lowest BCUT2D eigenvalue weighted by atomic mass is 10.3. The molecule has 2 rings (SSSR count). The third-order valence-electron chi connectivity index (χ3n) is 1.95. The van der Waals surface area contributed by atoms with Crippen LogP contribution in [0.4, 0.5) is 5.69 Å². The summed E-state index contributed by atoms with van der Waals surface area (Å²) in [4.78, 5) is 0. The molecule has 2 N–H and O–H groups in total. The highest BCUT2D eigenvalue weighted by Gasteiger charge is 1.99. The Morgan fingerprint density at radius 3 is 2.75 bits per heavy atom. The molecule has 0 aliphatic rings. The van der Waals surface area contributed by atoms with Gasteiger partial charge in [-0.3, -0.25) is 0 Å². The van der Waals surface area contributed by atoms with Crippen molar-refractivity contribution in [2.24, 2.45) is 0 Å². The van der Waals surface area contributed by atoms with E-state index in [1.807, 2.05) is 30.3 Å². The van der Waals surface area contributed by atoms with Crippen molar-refractivity contribution in [3.63, 3.8) is 0 Å². The molecule has 16 heavy (non-hydrogen) atoms. The molecule has 1 heterocycles. The molecule has 0 saturated heterocycles. The van der Waals surface area contributed by atoms with E-state index >= 15 is 0 Å². The van der Waals surface area contributed by atoms with E-state index in [0.717, 1.165) is 11.4 Å². The summed E-state index contributed by atoms with van der Waals surface area (Å²) >= 11 is 5.12. The Balaban J connectivity index is 1.81. The summed E-state index contributed by atoms with van der Waals surface area (Å²) in [6.45, 7) is 0.526. The predicted octanol–water partition coefficient (Wildman–Crippen LogP) is 2.16. The molecule has 1 aromatic heterocycles. The Labute approximate surface area is 98.6 Å². The van der Waals surface area contributed by atoms with Crippen LogP contribution in [-0.2, 0) is 6.54 Å². The Bertz CT molecular complexity index is 442. The second-order valence-electron chi connectivity index (χ2n) is 3.15. The minimum Gasteiger partial charge on any atom is -0.360 e. The van der Waals surface area contributed by atoms with Crippen LogP contribution >= 0.6 is 12.2 Å². The zero-order valence-corrected chi connectivity index (χ0v) is 9.33. The fourth-order valence-electron chi connectivity index (χ4n) is 1.20. The molecule has 4 nitrogen and oxygen atoms in total. The summed E-state index contributed by atoms with van der Waals surface area (Å²) in [6.07, 6.45) is 1.60. The van der Waals surface area contributed by atoms with Crippen LogP contribution in [-0.4, -0.2) is 10.3 Å². The van der Waals surface area contributed by atoms with Gasteiger partial charge < -0.3 is 15.2 Å². The smallest absolute Gasteiger partial charge is 0.171 e. The van der Waals surface area contributed by atoms with Crippen molar-refractivity contribution in [1.82, 2.24) is 10.5 Å². The zero-order valence-electron chi connectivity index (χ0n) is 8.51. The molecule has 0 spiro atoms. The summed E-state index contributed by atoms with van der Waals surface area (Å²) in [5, 5.41) is 10.2. The third-order valence-corrected chi connectivity index (χ3v) is 2.19. The second kappa shape index (κ2) is 5.27. The van der Waals surface area contributed by atoms with Crippen LogP contribution in [0.1, 0.15) is 5.76 Å². The van der Waals surface area contributed by atoms with Gasteiger partial charge in [-0.05, 0) is 24.4 Å². The minimum atomic E-state index is 0.526. The van der Waals surface area contributed by atoms with Crippen LogP contribution in [0.15, 0.2) is 47.1 Å². The summed E-state index contributed by atoms with van der Waals surface area (Å²) in [7, 11) is 0. The van der Waals surface area contributed by atoms with Gasteiger partial charge in [-0.2, -0.15) is 0 Å². The summed E-state index contributed by atoms with van der Waals surface area (Å²) < 4.78 is 4.93. The molecule has 0 saturated carbocycles. The number of benzene rings is 1. The van der Waals surface area contributed by atoms with Crippen LogP contribution in [0.25, 0.3) is 0 Å². The number of aromatic nitrogens is 1. The van der Waals surface area contributed by atoms with Crippen LogP contribution in [0.5, 0.6) is 0 Å². The van der Waals surface area contributed by atoms with Crippen molar-refractivity contribution < 1.29 is 4.52 Å². The van der Waals surface area contributed by atoms with E-state index < -0.39 is 0 Å². The minimum absolute atomic E-state index is 0.526. The fraction of sp³-hybridized carbons (Fsp3) is 0.0909. The number of hydrogen-bond acceptors (Lipinski definition) is 3. The normalized spacial score (nSPS) is 9.75. The third kappa shape index (κ3) is 3.06. The van der Waals surface area contributed by atoms with Gasteiger partial charge in [0.05, 0.1) is 12.7 Å². The molecule has 0 fully saturated rings. The zero-order chi connectivity index (χ0) is 11.2. The van der Waals surface area contributed by atoms with Crippen molar-refractivity contribution in [2.75, 3.05) is 5.32 Å². The topological polar surface area (TPSA) is 50.1 Å². The van der Waals surface area contributed by atoms with Crippen molar-refractivity contribution >= 4 is 23.0 Å². The van der Waals surface area contributed by atoms with Crippen molar-refractivity contribution in [1.29, 1.82) is 0 Å². The Morgan fingerprint density at radius 2 is 2.06 bits per heavy atom. The van der Waals surface area contributed by atoms with E-state index in [9.17, 15) is 0 Å². The first-order chi connectivity index (χ1) is 7.84. The molecule has 0 unspecified atom stereocenters. The van der Waals surface area contributed by atoms with Crippen LogP contribution < -0.4 is 10.6 Å². The van der Waals surface area contributed by atoms with Gasteiger partial charge >= 0.3 is 0 Å². The predicted molar refractivity (Wildman–Crippen MR) is 66.0 cm³/mol. The maximum absolute atomic E-state index is 5.12. The highest BCUT2D eigenvalue weighted by atomic mass is 32.1. The molecular weight excluding hydrogens is 222 g/mol. The van der Waals surface area contributed by atoms with E-state index in [0.29, 0.717) is 11.7 Å². The highest BCUT2D eigenvalue weighted by molar-refractivity contribution is 7.80. The Morgan fingerprint density at radius 1 is 1.25 bits per heavy atom. The maximum Gasteiger partial charge on any atom is 0.171 e. The van der Waals surface area contributed by atoms with Crippen LogP contribution in [0, 0.1) is 0 Å². The lowest BCUT2D eigenvalue weighted by Gasteiger charge is -2.08. The van der Waals surface area contributed by atoms with Gasteiger partial charge in [0.25, 0.3) is 0 Å². The number of anilines is 1. The van der Waals surface area contributed by atoms with Gasteiger partial charge in [0.2, 0.25) is 0 Å². The molecule has 5 heteroatoms. The first-order valence-electron chi connectivity index (χ1n) is 4.84. The van der Waals surface area contributed by atoms with Crippen molar-refractivity contribution in [2.45, 2.75) is 6.54 Å². The van der Waals surface area contributed by atoms with Gasteiger partial charge in [0.15, 0.2) is 10.9 Å². The maximum atomic E-state index is 5.12. The fourth-order valence-corrected chi connectivity index (χ4v) is 1.39. The summed E-state index contributed by atoms with van der Waals surface area (Å²) in [6, 6.07) is 11.5. The number of thiocarbonyl (C=S) groups is 1. The molecule has 2 aromatic rings. The number of para-hydroxylation sites is 1. The molecule has 0 bridgehead atoms. The quantitative estimate of drug-likeness (QED) is 0.796. The molecule has 0 aliphatic heterocycles. The van der Waals surface area contributed by atoms with Crippen molar-refractivity contribution in [3.05, 3.63) is 48.4 Å². The molecule has 0 amide bonds. The summed E-state index contributed by atoms with van der Waals surface area (Å²) in [5.74, 6) is 0.747. The monoisotopic (exact) mass is 233 g/mol. The van der Waals surface area contributed by atoms with E-state index in [1.165, 1.54) is 0 Å². The van der Waals surface area contributed by atoms with E-state index in [1.54, 1.807) is 12.3 Å². The van der Waals surface area contributed by atoms with E-state index in [-0.39, 0.29) is 0 Å². The molecule has 0 atom stereocenters. The average Bonchev–Trinajstić information content (AvgIpc) is 2.81. The number of hydrogen-bond donors (Lipinski definition) is 2. The van der Waals surface area contributed by atoms with Gasteiger partial charge in [-0.15, -0.1) is 0 Å². The first-order valence-corrected chi connectivity index (χ1v) is 5.25. The van der Waals surface area contributed by atoms with Crippen LogP contribution in [0.3, 0.4) is 0 Å². The first kappa shape index (κ1) is 10.6. The SMILES string of the molecule is S=C(NCc1ccno1)Nc1ccccc1. The second-order valence-corrected chi connectivity index (χ2v) is 3.56. The van der Waals surface area contributed by atoms with Crippen LogP contribution in [0.2, 0.25) is 0 Å². The average molecular weight is 233 g/mol. The Hall–Kier alpha value is -1.88. The van der Waals surface area contributed by atoms with Gasteiger partial charge in [-0.1, -0.05) is 23.4 Å². The molecule has 1 aromatic carbocycles. The standard InChI is InChI=1S/C11H11N3OS/c16-11(12-8-10-6-7-13-15-10)14-9-4-2-1-3-5-9/h1-7H,8H2,(H2,12,14,16). The summed E-state index contributed by atoms with van der Waals surface area (Å²) in [5.41, 5.74) is 0.956.